The van der Waals surface area contributed by atoms with Crippen LogP contribution in [0.5, 0.6) is 0 Å². The molecule has 0 aromatic heterocycles. The number of amides is 1. The first-order chi connectivity index (χ1) is 12.3. The van der Waals surface area contributed by atoms with E-state index in [4.69, 9.17) is 5.73 Å². The van der Waals surface area contributed by atoms with Crippen molar-refractivity contribution in [1.82, 2.24) is 4.90 Å². The molecule has 0 bridgehead atoms. The van der Waals surface area contributed by atoms with Crippen molar-refractivity contribution in [3.8, 4) is 0 Å². The van der Waals surface area contributed by atoms with E-state index in [1.165, 1.54) is 36.2 Å². The van der Waals surface area contributed by atoms with E-state index in [1.54, 1.807) is 19.1 Å². The minimum absolute atomic E-state index is 0.0254. The highest BCUT2D eigenvalue weighted by atomic mass is 19.3. The van der Waals surface area contributed by atoms with Crippen LogP contribution in [0.4, 0.5) is 13.2 Å². The number of nitrogens with two attached hydrogens (primary N) is 1. The van der Waals surface area contributed by atoms with E-state index in [-0.39, 0.29) is 24.0 Å². The molecule has 3 rings (SSSR count). The smallest absolute Gasteiger partial charge is 0.387 e. The van der Waals surface area contributed by atoms with Crippen LogP contribution in [0.15, 0.2) is 47.2 Å². The van der Waals surface area contributed by atoms with Gasteiger partial charge in [-0.1, -0.05) is 18.2 Å². The lowest BCUT2D eigenvalue weighted by Crippen LogP contribution is -2.44. The molecule has 5 nitrogen and oxygen atoms in total. The summed E-state index contributed by atoms with van der Waals surface area (Å²) in [4.78, 5) is 18.7. The molecule has 1 heterocycles. The predicted octanol–water partition coefficient (Wildman–Crippen LogP) is 2.82. The Labute approximate surface area is 148 Å². The second kappa shape index (κ2) is 6.51. The number of aryl methyl sites for hydroxylation is 1. The van der Waals surface area contributed by atoms with E-state index < -0.39 is 23.9 Å². The van der Waals surface area contributed by atoms with Gasteiger partial charge in [-0.05, 0) is 42.7 Å². The lowest BCUT2D eigenvalue weighted by atomic mass is 9.74. The number of carbonyl (C=O) groups is 1. The molecule has 1 amide bonds. The maximum atomic E-state index is 13.7. The minimum atomic E-state index is -2.93. The largest absolute Gasteiger partial charge is 0.435 e. The Morgan fingerprint density at radius 1 is 1.42 bits per heavy atom. The van der Waals surface area contributed by atoms with E-state index in [0.29, 0.717) is 11.1 Å². The number of allylic oxidation sites excluding steroid dienone is 2. The Morgan fingerprint density at radius 2 is 2.15 bits per heavy atom. The molecule has 0 saturated carbocycles. The van der Waals surface area contributed by atoms with Crippen LogP contribution < -0.4 is 5.73 Å². The summed E-state index contributed by atoms with van der Waals surface area (Å²) in [5.74, 6) is -1.16. The monoisotopic (exact) mass is 365 g/mol. The second-order valence-electron chi connectivity index (χ2n) is 6.25. The zero-order chi connectivity index (χ0) is 19.1. The first kappa shape index (κ1) is 18.0. The lowest BCUT2D eigenvalue weighted by molar-refractivity contribution is -0.132. The van der Waals surface area contributed by atoms with E-state index in [0.717, 1.165) is 0 Å². The van der Waals surface area contributed by atoms with Gasteiger partial charge in [0.25, 0.3) is 5.91 Å². The molecule has 8 heteroatoms. The maximum absolute atomic E-state index is 13.7. The summed E-state index contributed by atoms with van der Waals surface area (Å²) in [7, 11) is 1.51. The molecule has 0 radical (unpaired) electrons. The number of ether oxygens (including phenoxy) is 1. The Bertz CT molecular complexity index is 835. The number of likely N-dealkylation sites (N-methyl/N-ethyl adjacent to an activating group) is 1. The number of nitrogens with zero attached hydrogens (tertiary/aromatic N) is 2. The zero-order valence-electron chi connectivity index (χ0n) is 14.2. The number of rotatable bonds is 4. The summed E-state index contributed by atoms with van der Waals surface area (Å²) in [6.45, 7) is -1.34. The molecule has 0 spiro atoms. The SMILES string of the molecule is Cc1cc([C@@]2(C3C=CC(OC(F)F)=CC3)N=C(N)N(C)C2=O)ccc1F. The molecular weight excluding hydrogens is 347 g/mol. The fourth-order valence-electron chi connectivity index (χ4n) is 3.29. The Hall–Kier alpha value is -2.77. The van der Waals surface area contributed by atoms with Crippen LogP contribution in [0.3, 0.4) is 0 Å². The molecule has 26 heavy (non-hydrogen) atoms. The van der Waals surface area contributed by atoms with Gasteiger partial charge >= 0.3 is 6.61 Å². The van der Waals surface area contributed by atoms with Gasteiger partial charge in [-0.15, -0.1) is 0 Å². The number of halogens is 3. The van der Waals surface area contributed by atoms with Crippen LogP contribution in [-0.2, 0) is 15.1 Å². The molecule has 2 N–H and O–H groups in total. The summed E-state index contributed by atoms with van der Waals surface area (Å²) in [6.07, 6.45) is 4.71. The summed E-state index contributed by atoms with van der Waals surface area (Å²) in [5.41, 5.74) is 5.36. The Balaban J connectivity index is 2.04. The maximum Gasteiger partial charge on any atom is 0.387 e. The standard InChI is InChI=1S/C18H18F3N3O2/c1-10-9-12(5-8-14(10)19)18(15(25)24(2)17(22)23-18)11-3-6-13(7-4-11)26-16(20)21/h3,5-9,11,16H,4H2,1-2H3,(H2,22,23)/t11?,18-/m1/s1. The molecule has 2 aliphatic rings. The van der Waals surface area contributed by atoms with E-state index in [1.807, 2.05) is 0 Å². The summed E-state index contributed by atoms with van der Waals surface area (Å²) >= 11 is 0. The summed E-state index contributed by atoms with van der Waals surface area (Å²) in [5, 5.41) is 0. The normalized spacial score (nSPS) is 25.5. The number of carbonyl (C=O) groups excluding carboxylic acids is 1. The molecule has 1 aromatic carbocycles. The van der Waals surface area contributed by atoms with Gasteiger partial charge in [0.2, 0.25) is 0 Å². The van der Waals surface area contributed by atoms with Crippen molar-refractivity contribution in [1.29, 1.82) is 0 Å². The van der Waals surface area contributed by atoms with Gasteiger partial charge in [0.1, 0.15) is 11.6 Å². The molecule has 1 aromatic rings. The van der Waals surface area contributed by atoms with Gasteiger partial charge in [-0.25, -0.2) is 9.38 Å². The zero-order valence-corrected chi connectivity index (χ0v) is 14.2. The predicted molar refractivity (Wildman–Crippen MR) is 89.6 cm³/mol. The van der Waals surface area contributed by atoms with Crippen LogP contribution >= 0.6 is 0 Å². The quantitative estimate of drug-likeness (QED) is 0.892. The highest BCUT2D eigenvalue weighted by Gasteiger charge is 2.52. The third-order valence-electron chi connectivity index (χ3n) is 4.69. The summed E-state index contributed by atoms with van der Waals surface area (Å²) < 4.78 is 42.8. The average Bonchev–Trinajstić information content (AvgIpc) is 2.82. The van der Waals surface area contributed by atoms with Gasteiger partial charge < -0.3 is 10.5 Å². The molecular formula is C18H18F3N3O2. The van der Waals surface area contributed by atoms with Gasteiger partial charge in [-0.2, -0.15) is 8.78 Å². The van der Waals surface area contributed by atoms with E-state index in [9.17, 15) is 18.0 Å². The lowest BCUT2D eigenvalue weighted by Gasteiger charge is -2.33. The van der Waals surface area contributed by atoms with Gasteiger partial charge in [0, 0.05) is 13.0 Å². The molecule has 2 atom stereocenters. The van der Waals surface area contributed by atoms with Crippen molar-refractivity contribution in [3.05, 3.63) is 59.1 Å². The van der Waals surface area contributed by atoms with Crippen LogP contribution in [0.2, 0.25) is 0 Å². The molecule has 138 valence electrons. The topological polar surface area (TPSA) is 67.9 Å². The van der Waals surface area contributed by atoms with Gasteiger partial charge in [0.15, 0.2) is 11.5 Å². The first-order valence-electron chi connectivity index (χ1n) is 7.99. The molecule has 0 saturated heterocycles. The van der Waals surface area contributed by atoms with Crippen molar-refractivity contribution < 1.29 is 22.7 Å². The van der Waals surface area contributed by atoms with E-state index >= 15 is 0 Å². The fraction of sp³-hybridized carbons (Fsp3) is 0.333. The molecule has 1 unspecified atom stereocenters. The van der Waals surface area contributed by atoms with Crippen molar-refractivity contribution in [2.45, 2.75) is 25.5 Å². The molecule has 1 aliphatic carbocycles. The molecule has 1 aliphatic heterocycles. The van der Waals surface area contributed by atoms with Gasteiger partial charge in [-0.3, -0.25) is 9.69 Å². The van der Waals surface area contributed by atoms with E-state index in [2.05, 4.69) is 9.73 Å². The number of benzene rings is 1. The summed E-state index contributed by atoms with van der Waals surface area (Å²) in [6, 6.07) is 4.34. The third-order valence-corrected chi connectivity index (χ3v) is 4.69. The first-order valence-corrected chi connectivity index (χ1v) is 7.99. The fourth-order valence-corrected chi connectivity index (χ4v) is 3.29. The number of hydrogen-bond donors (Lipinski definition) is 1. The van der Waals surface area contributed by atoms with Crippen LogP contribution in [0.25, 0.3) is 0 Å². The number of hydrogen-bond acceptors (Lipinski definition) is 4. The van der Waals surface area contributed by atoms with Crippen LogP contribution in [0, 0.1) is 18.7 Å². The Kier molecular flexibility index (Phi) is 4.52. The van der Waals surface area contributed by atoms with Crippen molar-refractivity contribution >= 4 is 11.9 Å². The highest BCUT2D eigenvalue weighted by Crippen LogP contribution is 2.44. The number of guanidine groups is 1. The van der Waals surface area contributed by atoms with Crippen molar-refractivity contribution in [2.24, 2.45) is 16.6 Å². The van der Waals surface area contributed by atoms with Crippen molar-refractivity contribution in [3.63, 3.8) is 0 Å². The second-order valence-corrected chi connectivity index (χ2v) is 6.25. The number of alkyl halides is 2. The highest BCUT2D eigenvalue weighted by molar-refractivity contribution is 6.07. The van der Waals surface area contributed by atoms with Gasteiger partial charge in [0.05, 0.1) is 0 Å². The third kappa shape index (κ3) is 2.85. The average molecular weight is 365 g/mol. The number of aliphatic imine (C=N–C) groups is 1. The van der Waals surface area contributed by atoms with Crippen molar-refractivity contribution in [2.75, 3.05) is 7.05 Å². The minimum Gasteiger partial charge on any atom is -0.435 e. The van der Waals surface area contributed by atoms with Crippen LogP contribution in [0.1, 0.15) is 17.5 Å². The van der Waals surface area contributed by atoms with Crippen LogP contribution in [-0.4, -0.2) is 30.4 Å². The Morgan fingerprint density at radius 3 is 2.65 bits per heavy atom. The molecule has 0 fully saturated rings.